The number of carbonyl (C=O) groups is 1. The molecule has 0 saturated carbocycles. The van der Waals surface area contributed by atoms with Gasteiger partial charge in [-0.25, -0.2) is 5.43 Å². The molecule has 0 aliphatic carbocycles. The number of hydrogen-bond donors (Lipinski definition) is 2. The maximum Gasteiger partial charge on any atom is 0.318 e. The van der Waals surface area contributed by atoms with Crippen LogP contribution in [0.25, 0.3) is 0 Å². The first-order valence-corrected chi connectivity index (χ1v) is 7.41. The number of phenols is 1. The Bertz CT molecular complexity index is 899. The Kier molecular flexibility index (Phi) is 6.12. The van der Waals surface area contributed by atoms with Gasteiger partial charge in [0.2, 0.25) is 5.75 Å². The zero-order chi connectivity index (χ0) is 20.0. The van der Waals surface area contributed by atoms with Crippen LogP contribution in [0, 0.1) is 20.2 Å². The minimum atomic E-state index is -0.964. The minimum Gasteiger partial charge on any atom is -0.502 e. The number of hydrogen-bond acceptors (Lipinski definition) is 8. The van der Waals surface area contributed by atoms with Gasteiger partial charge in [0.25, 0.3) is 11.6 Å². The van der Waals surface area contributed by atoms with Crippen molar-refractivity contribution in [1.29, 1.82) is 0 Å². The van der Waals surface area contributed by atoms with Crippen molar-refractivity contribution in [1.82, 2.24) is 5.43 Å². The number of phenolic OH excluding ortho intramolecular Hbond substituents is 1. The SMILES string of the molecule is CO[C@H](C(=O)NN=Cc1cc([N+](=O)[O-])cc([N+](=O)[O-])c1O)c1ccccc1. The Balaban J connectivity index is 2.23. The van der Waals surface area contributed by atoms with Gasteiger partial charge < -0.3 is 9.84 Å². The second-order valence-electron chi connectivity index (χ2n) is 5.18. The van der Waals surface area contributed by atoms with Crippen molar-refractivity contribution in [3.8, 4) is 5.75 Å². The highest BCUT2D eigenvalue weighted by Gasteiger charge is 2.23. The van der Waals surface area contributed by atoms with Crippen LogP contribution in [0.15, 0.2) is 47.6 Å². The zero-order valence-electron chi connectivity index (χ0n) is 13.9. The Morgan fingerprint density at radius 2 is 1.89 bits per heavy atom. The third kappa shape index (κ3) is 4.61. The van der Waals surface area contributed by atoms with Gasteiger partial charge in [-0.05, 0) is 5.56 Å². The highest BCUT2D eigenvalue weighted by Crippen LogP contribution is 2.33. The number of methoxy groups -OCH3 is 1. The van der Waals surface area contributed by atoms with Gasteiger partial charge >= 0.3 is 5.69 Å². The smallest absolute Gasteiger partial charge is 0.318 e. The average molecular weight is 374 g/mol. The van der Waals surface area contributed by atoms with Crippen molar-refractivity contribution < 1.29 is 24.5 Å². The fraction of sp³-hybridized carbons (Fsp3) is 0.125. The lowest BCUT2D eigenvalue weighted by molar-refractivity contribution is -0.394. The summed E-state index contributed by atoms with van der Waals surface area (Å²) < 4.78 is 5.11. The van der Waals surface area contributed by atoms with Crippen LogP contribution in [0.1, 0.15) is 17.2 Å². The molecule has 0 saturated heterocycles. The van der Waals surface area contributed by atoms with Crippen LogP contribution in [0.3, 0.4) is 0 Å². The summed E-state index contributed by atoms with van der Waals surface area (Å²) in [6.45, 7) is 0. The second kappa shape index (κ2) is 8.49. The molecule has 0 fully saturated rings. The molecule has 2 N–H and O–H groups in total. The van der Waals surface area contributed by atoms with E-state index in [0.717, 1.165) is 12.3 Å². The maximum atomic E-state index is 12.2. The normalized spacial score (nSPS) is 11.9. The predicted octanol–water partition coefficient (Wildman–Crippen LogP) is 2.05. The molecule has 140 valence electrons. The lowest BCUT2D eigenvalue weighted by Crippen LogP contribution is -2.26. The summed E-state index contributed by atoms with van der Waals surface area (Å²) >= 11 is 0. The molecule has 0 aliphatic rings. The van der Waals surface area contributed by atoms with E-state index >= 15 is 0 Å². The largest absolute Gasteiger partial charge is 0.502 e. The molecule has 0 bridgehead atoms. The van der Waals surface area contributed by atoms with Crippen molar-refractivity contribution in [2.75, 3.05) is 7.11 Å². The number of rotatable bonds is 7. The number of non-ortho nitro benzene ring substituents is 1. The second-order valence-corrected chi connectivity index (χ2v) is 5.18. The summed E-state index contributed by atoms with van der Waals surface area (Å²) in [5.41, 5.74) is 0.974. The minimum absolute atomic E-state index is 0.301. The van der Waals surface area contributed by atoms with Gasteiger partial charge in [0.1, 0.15) is 0 Å². The summed E-state index contributed by atoms with van der Waals surface area (Å²) in [5.74, 6) is -1.45. The number of amides is 1. The fourth-order valence-electron chi connectivity index (χ4n) is 2.22. The molecule has 11 nitrogen and oxygen atoms in total. The topological polar surface area (TPSA) is 157 Å². The lowest BCUT2D eigenvalue weighted by Gasteiger charge is -2.13. The van der Waals surface area contributed by atoms with E-state index in [-0.39, 0.29) is 5.56 Å². The molecule has 0 unspecified atom stereocenters. The highest BCUT2D eigenvalue weighted by molar-refractivity contribution is 5.89. The summed E-state index contributed by atoms with van der Waals surface area (Å²) in [5, 5.41) is 35.2. The number of benzene rings is 2. The van der Waals surface area contributed by atoms with E-state index < -0.39 is 39.0 Å². The quantitative estimate of drug-likeness (QED) is 0.426. The molecule has 11 heteroatoms. The number of nitro benzene ring substituents is 2. The molecule has 1 amide bonds. The van der Waals surface area contributed by atoms with Crippen molar-refractivity contribution in [2.45, 2.75) is 6.10 Å². The van der Waals surface area contributed by atoms with Gasteiger partial charge in [-0.2, -0.15) is 5.10 Å². The number of nitrogens with zero attached hydrogens (tertiary/aromatic N) is 3. The van der Waals surface area contributed by atoms with Crippen LogP contribution >= 0.6 is 0 Å². The summed E-state index contributed by atoms with van der Waals surface area (Å²) in [4.78, 5) is 32.1. The third-order valence-corrected chi connectivity index (χ3v) is 3.47. The molecular weight excluding hydrogens is 360 g/mol. The monoisotopic (exact) mass is 374 g/mol. The Morgan fingerprint density at radius 3 is 2.44 bits per heavy atom. The molecule has 0 spiro atoms. The number of ether oxygens (including phenoxy) is 1. The highest BCUT2D eigenvalue weighted by atomic mass is 16.6. The number of hydrazone groups is 1. The first-order chi connectivity index (χ1) is 12.8. The van der Waals surface area contributed by atoms with Gasteiger partial charge in [0.15, 0.2) is 6.10 Å². The Morgan fingerprint density at radius 1 is 1.22 bits per heavy atom. The molecule has 0 aliphatic heterocycles. The van der Waals surface area contributed by atoms with Crippen molar-refractivity contribution >= 4 is 23.5 Å². The van der Waals surface area contributed by atoms with E-state index in [1.807, 2.05) is 0 Å². The molecule has 2 rings (SSSR count). The molecule has 0 heterocycles. The molecule has 1 atom stereocenters. The molecule has 0 aromatic heterocycles. The van der Waals surface area contributed by atoms with Crippen molar-refractivity contribution in [2.24, 2.45) is 5.10 Å². The maximum absolute atomic E-state index is 12.2. The molecule has 2 aromatic rings. The van der Waals surface area contributed by atoms with E-state index in [0.29, 0.717) is 11.6 Å². The lowest BCUT2D eigenvalue weighted by atomic mass is 10.1. The Hall–Kier alpha value is -3.86. The van der Waals surface area contributed by atoms with Crippen molar-refractivity contribution in [3.05, 3.63) is 73.8 Å². The number of nitrogens with one attached hydrogen (secondary N) is 1. The van der Waals surface area contributed by atoms with Gasteiger partial charge in [-0.1, -0.05) is 30.3 Å². The van der Waals surface area contributed by atoms with Crippen LogP contribution < -0.4 is 5.43 Å². The fourth-order valence-corrected chi connectivity index (χ4v) is 2.22. The van der Waals surface area contributed by atoms with Crippen LogP contribution in [0.2, 0.25) is 0 Å². The summed E-state index contributed by atoms with van der Waals surface area (Å²) in [7, 11) is 1.33. The van der Waals surface area contributed by atoms with Crippen LogP contribution in [-0.4, -0.2) is 34.2 Å². The average Bonchev–Trinajstić information content (AvgIpc) is 2.64. The summed E-state index contributed by atoms with van der Waals surface area (Å²) in [6, 6.07) is 10.1. The standard InChI is InChI=1S/C16H14N4O7/c1-27-15(10-5-3-2-4-6-10)16(22)18-17-9-11-7-12(19(23)24)8-13(14(11)21)20(25)26/h2-9,15,21H,1H3,(H,18,22)/t15-/m0/s1. The van der Waals surface area contributed by atoms with E-state index in [9.17, 15) is 30.1 Å². The number of nitro groups is 2. The molecule has 2 aromatic carbocycles. The van der Waals surface area contributed by atoms with Gasteiger partial charge in [-0.3, -0.25) is 25.0 Å². The molecule has 27 heavy (non-hydrogen) atoms. The number of aromatic hydroxyl groups is 1. The van der Waals surface area contributed by atoms with E-state index in [4.69, 9.17) is 4.74 Å². The zero-order valence-corrected chi connectivity index (χ0v) is 13.9. The van der Waals surface area contributed by atoms with E-state index in [2.05, 4.69) is 10.5 Å². The first kappa shape index (κ1) is 19.5. The first-order valence-electron chi connectivity index (χ1n) is 7.41. The van der Waals surface area contributed by atoms with Gasteiger partial charge in [0, 0.05) is 13.2 Å². The Labute approximate surface area is 152 Å². The van der Waals surface area contributed by atoms with E-state index in [1.165, 1.54) is 7.11 Å². The van der Waals surface area contributed by atoms with Crippen LogP contribution in [0.4, 0.5) is 11.4 Å². The predicted molar refractivity (Wildman–Crippen MR) is 93.3 cm³/mol. The summed E-state index contributed by atoms with van der Waals surface area (Å²) in [6.07, 6.45) is -0.0957. The van der Waals surface area contributed by atoms with E-state index in [1.54, 1.807) is 30.3 Å². The van der Waals surface area contributed by atoms with Crippen LogP contribution in [0.5, 0.6) is 5.75 Å². The number of carbonyl (C=O) groups excluding carboxylic acids is 1. The molecular formula is C16H14N4O7. The molecule has 0 radical (unpaired) electrons. The van der Waals surface area contributed by atoms with Crippen LogP contribution in [-0.2, 0) is 9.53 Å². The van der Waals surface area contributed by atoms with Gasteiger partial charge in [0.05, 0.1) is 27.7 Å². The third-order valence-electron chi connectivity index (χ3n) is 3.47. The van der Waals surface area contributed by atoms with Crippen molar-refractivity contribution in [3.63, 3.8) is 0 Å². The van der Waals surface area contributed by atoms with Gasteiger partial charge in [-0.15, -0.1) is 0 Å².